The minimum absolute atomic E-state index is 0.157. The molecule has 0 saturated carbocycles. The molecule has 0 radical (unpaired) electrons. The van der Waals surface area contributed by atoms with Gasteiger partial charge in [-0.05, 0) is 12.8 Å². The predicted molar refractivity (Wildman–Crippen MR) is 67.9 cm³/mol. The number of morpholine rings is 1. The fourth-order valence-electron chi connectivity index (χ4n) is 2.08. The Morgan fingerprint density at radius 2 is 2.05 bits per heavy atom. The molecule has 0 bridgehead atoms. The Hall–Kier alpha value is -1.34. The molecule has 19 heavy (non-hydrogen) atoms. The summed E-state index contributed by atoms with van der Waals surface area (Å²) in [4.78, 5) is 24.9. The maximum Gasteiger partial charge on any atom is 0.329 e. The Morgan fingerprint density at radius 3 is 2.53 bits per heavy atom. The van der Waals surface area contributed by atoms with E-state index in [1.807, 2.05) is 0 Å². The lowest BCUT2D eigenvalue weighted by atomic mass is 9.93. The number of carbonyl (C=O) groups excluding carboxylic acids is 1. The standard InChI is InChI=1S/C12H22N2O5/c1-3-12(4-2,10(16)17)13-11(18)14-5-6-19-9(7-14)8-15/h9,15H,3-8H2,1-2H3,(H,13,18)(H,16,17). The van der Waals surface area contributed by atoms with Crippen molar-refractivity contribution < 1.29 is 24.5 Å². The normalized spacial score (nSPS) is 20.2. The van der Waals surface area contributed by atoms with Gasteiger partial charge in [0.05, 0.1) is 25.9 Å². The number of rotatable bonds is 5. The molecule has 0 spiro atoms. The summed E-state index contributed by atoms with van der Waals surface area (Å²) in [5, 5.41) is 20.9. The number of aliphatic hydroxyl groups is 1. The topological polar surface area (TPSA) is 99.1 Å². The predicted octanol–water partition coefficient (Wildman–Crippen LogP) is 0.0325. The molecule has 0 aromatic rings. The van der Waals surface area contributed by atoms with E-state index in [4.69, 9.17) is 9.84 Å². The zero-order valence-electron chi connectivity index (χ0n) is 11.4. The molecule has 1 aliphatic heterocycles. The third kappa shape index (κ3) is 3.57. The second-order valence-corrected chi connectivity index (χ2v) is 4.65. The molecule has 0 aliphatic carbocycles. The van der Waals surface area contributed by atoms with Gasteiger partial charge in [0.1, 0.15) is 5.54 Å². The van der Waals surface area contributed by atoms with E-state index < -0.39 is 23.6 Å². The quantitative estimate of drug-likeness (QED) is 0.657. The average molecular weight is 274 g/mol. The third-order valence-electron chi connectivity index (χ3n) is 3.59. The molecule has 7 heteroatoms. The number of nitrogens with zero attached hydrogens (tertiary/aromatic N) is 1. The first-order chi connectivity index (χ1) is 8.99. The summed E-state index contributed by atoms with van der Waals surface area (Å²) in [6.45, 7) is 4.31. The van der Waals surface area contributed by atoms with Crippen LogP contribution in [0.4, 0.5) is 4.79 Å². The Kier molecular flexibility index (Phi) is 5.56. The highest BCUT2D eigenvalue weighted by Crippen LogP contribution is 2.16. The van der Waals surface area contributed by atoms with Crippen molar-refractivity contribution in [1.82, 2.24) is 10.2 Å². The van der Waals surface area contributed by atoms with E-state index in [1.54, 1.807) is 13.8 Å². The van der Waals surface area contributed by atoms with E-state index in [-0.39, 0.29) is 13.2 Å². The molecule has 1 atom stereocenters. The van der Waals surface area contributed by atoms with Crippen molar-refractivity contribution in [3.8, 4) is 0 Å². The van der Waals surface area contributed by atoms with Crippen molar-refractivity contribution in [2.24, 2.45) is 0 Å². The van der Waals surface area contributed by atoms with Crippen LogP contribution in [-0.2, 0) is 9.53 Å². The average Bonchev–Trinajstić information content (AvgIpc) is 2.44. The number of hydrogen-bond donors (Lipinski definition) is 3. The number of amides is 2. The highest BCUT2D eigenvalue weighted by atomic mass is 16.5. The van der Waals surface area contributed by atoms with Crippen LogP contribution < -0.4 is 5.32 Å². The maximum absolute atomic E-state index is 12.1. The van der Waals surface area contributed by atoms with Gasteiger partial charge in [-0.1, -0.05) is 13.8 Å². The van der Waals surface area contributed by atoms with E-state index in [9.17, 15) is 14.7 Å². The third-order valence-corrected chi connectivity index (χ3v) is 3.59. The van der Waals surface area contributed by atoms with E-state index >= 15 is 0 Å². The van der Waals surface area contributed by atoms with Crippen LogP contribution >= 0.6 is 0 Å². The summed E-state index contributed by atoms with van der Waals surface area (Å²) >= 11 is 0. The first kappa shape index (κ1) is 15.7. The summed E-state index contributed by atoms with van der Waals surface area (Å²) in [7, 11) is 0. The van der Waals surface area contributed by atoms with Crippen molar-refractivity contribution >= 4 is 12.0 Å². The summed E-state index contributed by atoms with van der Waals surface area (Å²) in [5.41, 5.74) is -1.23. The van der Waals surface area contributed by atoms with Crippen LogP contribution in [0, 0.1) is 0 Å². The molecular weight excluding hydrogens is 252 g/mol. The number of carboxylic acids is 1. The number of carboxylic acid groups (broad SMARTS) is 1. The Bertz CT molecular complexity index is 330. The van der Waals surface area contributed by atoms with Crippen LogP contribution in [0.25, 0.3) is 0 Å². The lowest BCUT2D eigenvalue weighted by Gasteiger charge is -2.35. The van der Waals surface area contributed by atoms with Gasteiger partial charge in [0.2, 0.25) is 0 Å². The van der Waals surface area contributed by atoms with Crippen LogP contribution in [0.1, 0.15) is 26.7 Å². The van der Waals surface area contributed by atoms with Crippen molar-refractivity contribution in [1.29, 1.82) is 0 Å². The summed E-state index contributed by atoms with van der Waals surface area (Å²) in [5.74, 6) is -1.03. The second-order valence-electron chi connectivity index (χ2n) is 4.65. The summed E-state index contributed by atoms with van der Waals surface area (Å²) in [6.07, 6.45) is 0.235. The second kappa shape index (κ2) is 6.72. The largest absolute Gasteiger partial charge is 0.480 e. The number of ether oxygens (including phenoxy) is 1. The molecule has 1 unspecified atom stereocenters. The van der Waals surface area contributed by atoms with Crippen LogP contribution in [0.3, 0.4) is 0 Å². The zero-order chi connectivity index (χ0) is 14.5. The summed E-state index contributed by atoms with van der Waals surface area (Å²) < 4.78 is 5.25. The monoisotopic (exact) mass is 274 g/mol. The molecule has 110 valence electrons. The van der Waals surface area contributed by atoms with Gasteiger partial charge < -0.3 is 25.2 Å². The number of carbonyl (C=O) groups is 2. The van der Waals surface area contributed by atoms with Crippen LogP contribution in [0.15, 0.2) is 0 Å². The number of aliphatic hydroxyl groups excluding tert-OH is 1. The molecule has 1 aliphatic rings. The lowest BCUT2D eigenvalue weighted by Crippen LogP contribution is -2.59. The molecule has 0 aromatic heterocycles. The van der Waals surface area contributed by atoms with Crippen LogP contribution in [-0.4, -0.2) is 65.1 Å². The smallest absolute Gasteiger partial charge is 0.329 e. The molecular formula is C12H22N2O5. The van der Waals surface area contributed by atoms with Gasteiger partial charge in [-0.25, -0.2) is 9.59 Å². The van der Waals surface area contributed by atoms with Crippen LogP contribution in [0.5, 0.6) is 0 Å². The van der Waals surface area contributed by atoms with Crippen molar-refractivity contribution in [3.05, 3.63) is 0 Å². The Labute approximate surface area is 112 Å². The first-order valence-corrected chi connectivity index (χ1v) is 6.52. The highest BCUT2D eigenvalue weighted by molar-refractivity contribution is 5.86. The van der Waals surface area contributed by atoms with Gasteiger partial charge in [-0.15, -0.1) is 0 Å². The van der Waals surface area contributed by atoms with Gasteiger partial charge in [-0.2, -0.15) is 0 Å². The zero-order valence-corrected chi connectivity index (χ0v) is 11.4. The Morgan fingerprint density at radius 1 is 1.42 bits per heavy atom. The molecule has 1 heterocycles. The van der Waals surface area contributed by atoms with Gasteiger partial charge in [0.25, 0.3) is 0 Å². The number of aliphatic carboxylic acids is 1. The maximum atomic E-state index is 12.1. The minimum Gasteiger partial charge on any atom is -0.480 e. The lowest BCUT2D eigenvalue weighted by molar-refractivity contribution is -0.144. The van der Waals surface area contributed by atoms with E-state index in [2.05, 4.69) is 5.32 Å². The van der Waals surface area contributed by atoms with Crippen molar-refractivity contribution in [2.45, 2.75) is 38.3 Å². The van der Waals surface area contributed by atoms with Crippen molar-refractivity contribution in [3.63, 3.8) is 0 Å². The first-order valence-electron chi connectivity index (χ1n) is 6.52. The number of nitrogens with one attached hydrogen (secondary N) is 1. The summed E-state index contributed by atoms with van der Waals surface area (Å²) in [6, 6.07) is -0.423. The minimum atomic E-state index is -1.23. The van der Waals surface area contributed by atoms with Gasteiger partial charge in [-0.3, -0.25) is 0 Å². The Balaban J connectivity index is 2.69. The molecule has 1 rings (SSSR count). The molecule has 1 fully saturated rings. The molecule has 7 nitrogen and oxygen atoms in total. The van der Waals surface area contributed by atoms with E-state index in [0.717, 1.165) is 0 Å². The molecule has 2 amide bonds. The number of hydrogen-bond acceptors (Lipinski definition) is 4. The molecule has 0 aromatic carbocycles. The van der Waals surface area contributed by atoms with Gasteiger partial charge in [0, 0.05) is 6.54 Å². The number of urea groups is 1. The van der Waals surface area contributed by atoms with E-state index in [0.29, 0.717) is 26.0 Å². The van der Waals surface area contributed by atoms with Crippen LogP contribution in [0.2, 0.25) is 0 Å². The van der Waals surface area contributed by atoms with Gasteiger partial charge >= 0.3 is 12.0 Å². The van der Waals surface area contributed by atoms with E-state index in [1.165, 1.54) is 4.90 Å². The SMILES string of the molecule is CCC(CC)(NC(=O)N1CCOC(CO)C1)C(=O)O. The van der Waals surface area contributed by atoms with Gasteiger partial charge in [0.15, 0.2) is 0 Å². The molecule has 3 N–H and O–H groups in total. The fourth-order valence-corrected chi connectivity index (χ4v) is 2.08. The molecule has 1 saturated heterocycles. The fraction of sp³-hybridized carbons (Fsp3) is 0.833. The van der Waals surface area contributed by atoms with Crippen molar-refractivity contribution in [2.75, 3.05) is 26.3 Å². The highest BCUT2D eigenvalue weighted by Gasteiger charge is 2.38.